The molecule has 3 heterocycles. The number of amides is 1. The number of aromatic nitrogens is 2. The van der Waals surface area contributed by atoms with Gasteiger partial charge in [-0.3, -0.25) is 4.79 Å². The van der Waals surface area contributed by atoms with Gasteiger partial charge < -0.3 is 10.1 Å². The van der Waals surface area contributed by atoms with Gasteiger partial charge in [0, 0.05) is 11.3 Å². The van der Waals surface area contributed by atoms with Crippen LogP contribution in [0.4, 0.5) is 18.2 Å². The summed E-state index contributed by atoms with van der Waals surface area (Å²) in [5.74, 6) is -1.29. The van der Waals surface area contributed by atoms with Crippen LogP contribution in [0.2, 0.25) is 0 Å². The van der Waals surface area contributed by atoms with Gasteiger partial charge in [-0.25, -0.2) is 23.2 Å². The van der Waals surface area contributed by atoms with Crippen molar-refractivity contribution in [3.8, 4) is 10.6 Å². The van der Waals surface area contributed by atoms with Gasteiger partial charge >= 0.3 is 12.1 Å². The fourth-order valence-electron chi connectivity index (χ4n) is 4.91. The smallest absolute Gasteiger partial charge is 0.433 e. The summed E-state index contributed by atoms with van der Waals surface area (Å²) >= 11 is 2.44. The Kier molecular flexibility index (Phi) is 9.48. The normalized spacial score (nSPS) is 15.7. The van der Waals surface area contributed by atoms with E-state index < -0.39 is 44.5 Å². The lowest BCUT2D eigenvalue weighted by atomic mass is 9.69. The highest BCUT2D eigenvalue weighted by molar-refractivity contribution is 7.91. The number of rotatable bonds is 10. The van der Waals surface area contributed by atoms with Crippen molar-refractivity contribution in [1.29, 1.82) is 0 Å². The summed E-state index contributed by atoms with van der Waals surface area (Å²) in [5, 5.41) is 3.79. The van der Waals surface area contributed by atoms with Crippen molar-refractivity contribution in [1.82, 2.24) is 9.97 Å². The molecule has 0 radical (unpaired) electrons. The van der Waals surface area contributed by atoms with E-state index in [1.807, 2.05) is 0 Å². The number of carbonyl (C=O) groups excluding carboxylic acids is 2. The highest BCUT2D eigenvalue weighted by Gasteiger charge is 2.37. The number of carbonyl (C=O) groups is 2. The Hall–Kier alpha value is -2.84. The zero-order chi connectivity index (χ0) is 30.9. The summed E-state index contributed by atoms with van der Waals surface area (Å²) < 4.78 is 71.3. The Morgan fingerprint density at radius 2 is 1.95 bits per heavy atom. The number of hydrogen-bond acceptors (Lipinski definition) is 9. The predicted molar refractivity (Wildman–Crippen MR) is 156 cm³/mol. The van der Waals surface area contributed by atoms with Gasteiger partial charge in [0.2, 0.25) is 20.9 Å². The Morgan fingerprint density at radius 3 is 2.57 bits per heavy atom. The van der Waals surface area contributed by atoms with Crippen LogP contribution in [0, 0.1) is 11.3 Å². The number of esters is 1. The van der Waals surface area contributed by atoms with Gasteiger partial charge in [-0.2, -0.15) is 13.2 Å². The Balaban J connectivity index is 1.48. The number of alkyl halides is 3. The Morgan fingerprint density at radius 1 is 1.21 bits per heavy atom. The number of thiophene rings is 2. The molecular weight excluding hydrogens is 612 g/mol. The molecule has 3 aromatic heterocycles. The third kappa shape index (κ3) is 7.03. The first kappa shape index (κ1) is 32.1. The van der Waals surface area contributed by atoms with Crippen molar-refractivity contribution < 1.29 is 35.9 Å². The van der Waals surface area contributed by atoms with Crippen molar-refractivity contribution in [2.45, 2.75) is 70.6 Å². The maximum atomic E-state index is 13.5. The van der Waals surface area contributed by atoms with E-state index in [1.165, 1.54) is 24.5 Å². The molecule has 1 atom stereocenters. The molecule has 0 aliphatic heterocycles. The van der Waals surface area contributed by atoms with E-state index >= 15 is 0 Å². The largest absolute Gasteiger partial charge is 0.465 e. The minimum Gasteiger partial charge on any atom is -0.465 e. The monoisotopic (exact) mass is 643 g/mol. The zero-order valence-corrected chi connectivity index (χ0v) is 26.1. The number of nitrogens with zero attached hydrogens (tertiary/aromatic N) is 2. The lowest BCUT2D eigenvalue weighted by Gasteiger charge is -2.36. The van der Waals surface area contributed by atoms with Crippen molar-refractivity contribution in [3.05, 3.63) is 45.3 Å². The van der Waals surface area contributed by atoms with E-state index in [0.29, 0.717) is 33.8 Å². The maximum Gasteiger partial charge on any atom is 0.433 e. The third-order valence-electron chi connectivity index (χ3n) is 7.79. The summed E-state index contributed by atoms with van der Waals surface area (Å²) in [6.45, 7) is 6.60. The molecule has 0 saturated heterocycles. The van der Waals surface area contributed by atoms with Crippen LogP contribution in [-0.2, 0) is 38.4 Å². The molecule has 1 aliphatic carbocycles. The van der Waals surface area contributed by atoms with Crippen LogP contribution in [0.3, 0.4) is 0 Å². The van der Waals surface area contributed by atoms with Crippen LogP contribution in [0.5, 0.6) is 0 Å². The minimum atomic E-state index is -4.87. The number of ether oxygens (including phenoxy) is 1. The van der Waals surface area contributed by atoms with Gasteiger partial charge in [-0.15, -0.1) is 22.7 Å². The lowest BCUT2D eigenvalue weighted by Crippen LogP contribution is -2.28. The van der Waals surface area contributed by atoms with Gasteiger partial charge in [0.1, 0.15) is 10.7 Å². The molecule has 1 amide bonds. The van der Waals surface area contributed by atoms with E-state index in [0.717, 1.165) is 41.0 Å². The fraction of sp³-hybridized carbons (Fsp3) is 0.500. The highest BCUT2D eigenvalue weighted by Crippen LogP contribution is 2.45. The molecule has 4 rings (SSSR count). The van der Waals surface area contributed by atoms with Crippen molar-refractivity contribution in [2.24, 2.45) is 11.3 Å². The lowest BCUT2D eigenvalue weighted by molar-refractivity contribution is -0.141. The van der Waals surface area contributed by atoms with E-state index in [-0.39, 0.29) is 24.0 Å². The van der Waals surface area contributed by atoms with E-state index in [1.54, 1.807) is 11.4 Å². The number of anilines is 1. The van der Waals surface area contributed by atoms with Crippen molar-refractivity contribution >= 4 is 49.4 Å². The van der Waals surface area contributed by atoms with Crippen LogP contribution in [0.1, 0.15) is 72.9 Å². The van der Waals surface area contributed by atoms with Crippen LogP contribution in [0.15, 0.2) is 28.7 Å². The molecule has 1 N–H and O–H groups in total. The highest BCUT2D eigenvalue weighted by atomic mass is 32.2. The Bertz CT molecular complexity index is 1560. The molecular formula is C28H32F3N3O5S3. The van der Waals surface area contributed by atoms with Crippen molar-refractivity contribution in [2.75, 3.05) is 18.2 Å². The summed E-state index contributed by atoms with van der Waals surface area (Å²) in [7, 11) is -3.07. The number of methoxy groups -OCH3 is 1. The number of halogens is 3. The van der Waals surface area contributed by atoms with Crippen LogP contribution in [0.25, 0.3) is 10.6 Å². The average Bonchev–Trinajstić information content (AvgIpc) is 3.59. The standard InChI is InChI=1S/C28H32F3N3O5S3/c1-5-27(2,3)16-10-11-17-20(14-16)41-24(23(17)25(36)39-4)34-22(35)9-7-13-42(37,38)26-32-18(19-8-6-12-40-19)15-21(33-26)28(29,30)31/h6,8,12,15-16H,5,7,9-11,13-14H2,1-4H3,(H,34,35). The molecule has 0 spiro atoms. The van der Waals surface area contributed by atoms with E-state index in [9.17, 15) is 31.2 Å². The molecule has 3 aromatic rings. The summed E-state index contributed by atoms with van der Waals surface area (Å²) in [5.41, 5.74) is -0.194. The van der Waals surface area contributed by atoms with E-state index in [4.69, 9.17) is 4.74 Å². The first-order valence-electron chi connectivity index (χ1n) is 13.4. The minimum absolute atomic E-state index is 0.121. The molecule has 14 heteroatoms. The topological polar surface area (TPSA) is 115 Å². The van der Waals surface area contributed by atoms with Gasteiger partial charge in [0.05, 0.1) is 29.0 Å². The number of sulfone groups is 1. The number of fused-ring (bicyclic) bond motifs is 1. The van der Waals surface area contributed by atoms with Crippen molar-refractivity contribution in [3.63, 3.8) is 0 Å². The van der Waals surface area contributed by atoms with Gasteiger partial charge in [0.25, 0.3) is 0 Å². The number of nitrogens with one attached hydrogen (secondary N) is 1. The molecule has 0 fully saturated rings. The first-order valence-corrected chi connectivity index (χ1v) is 16.8. The predicted octanol–water partition coefficient (Wildman–Crippen LogP) is 6.81. The molecule has 1 aliphatic rings. The summed E-state index contributed by atoms with van der Waals surface area (Å²) in [6.07, 6.45) is -1.92. The molecule has 0 bridgehead atoms. The molecule has 8 nitrogen and oxygen atoms in total. The molecule has 0 aromatic carbocycles. The van der Waals surface area contributed by atoms with Crippen LogP contribution in [-0.4, -0.2) is 43.1 Å². The Labute approximate surface area is 250 Å². The molecule has 228 valence electrons. The second-order valence-electron chi connectivity index (χ2n) is 10.8. The van der Waals surface area contributed by atoms with Crippen LogP contribution >= 0.6 is 22.7 Å². The van der Waals surface area contributed by atoms with Gasteiger partial charge in [0.15, 0.2) is 0 Å². The van der Waals surface area contributed by atoms with E-state index in [2.05, 4.69) is 36.1 Å². The third-order valence-corrected chi connectivity index (χ3v) is 11.4. The maximum absolute atomic E-state index is 13.5. The van der Waals surface area contributed by atoms with Crippen LogP contribution < -0.4 is 5.32 Å². The summed E-state index contributed by atoms with van der Waals surface area (Å²) in [4.78, 5) is 34.1. The first-order chi connectivity index (χ1) is 19.7. The molecule has 1 unspecified atom stereocenters. The van der Waals surface area contributed by atoms with Gasteiger partial charge in [-0.1, -0.05) is 33.3 Å². The second-order valence-corrected chi connectivity index (χ2v) is 14.9. The number of hydrogen-bond donors (Lipinski definition) is 1. The quantitative estimate of drug-likeness (QED) is 0.191. The van der Waals surface area contributed by atoms with Gasteiger partial charge in [-0.05, 0) is 60.1 Å². The molecule has 42 heavy (non-hydrogen) atoms. The summed E-state index contributed by atoms with van der Waals surface area (Å²) in [6, 6.07) is 3.86. The second kappa shape index (κ2) is 12.4. The zero-order valence-electron chi connectivity index (χ0n) is 23.6. The average molecular weight is 644 g/mol. The SMILES string of the molecule is CCC(C)(C)C1CCc2c(sc(NC(=O)CCCS(=O)(=O)c3nc(-c4cccs4)cc(C(F)(F)F)n3)c2C(=O)OC)C1. The fourth-order valence-corrected chi connectivity index (χ4v) is 8.11. The molecule has 0 saturated carbocycles.